The van der Waals surface area contributed by atoms with Crippen molar-refractivity contribution in [3.63, 3.8) is 0 Å². The molecule has 2 N–H and O–H groups in total. The number of aromatic nitrogens is 1. The molecule has 0 bridgehead atoms. The van der Waals surface area contributed by atoms with Crippen LogP contribution in [0.3, 0.4) is 0 Å². The van der Waals surface area contributed by atoms with E-state index in [4.69, 9.17) is 4.74 Å². The molecule has 1 saturated heterocycles. The van der Waals surface area contributed by atoms with E-state index >= 15 is 0 Å². The zero-order valence-corrected chi connectivity index (χ0v) is 18.6. The van der Waals surface area contributed by atoms with Crippen LogP contribution in [0.4, 0.5) is 32.0 Å². The Morgan fingerprint density at radius 2 is 1.89 bits per heavy atom. The van der Waals surface area contributed by atoms with E-state index in [9.17, 15) is 35.9 Å². The van der Waals surface area contributed by atoms with Crippen molar-refractivity contribution in [3.05, 3.63) is 53.6 Å². The number of pyridine rings is 1. The number of carbonyl (C=O) groups is 2. The highest BCUT2D eigenvalue weighted by atomic mass is 19.4. The van der Waals surface area contributed by atoms with E-state index in [1.807, 2.05) is 0 Å². The molecule has 0 saturated carbocycles. The van der Waals surface area contributed by atoms with Crippen molar-refractivity contribution in [2.45, 2.75) is 44.3 Å². The maximum absolute atomic E-state index is 14.0. The third kappa shape index (κ3) is 5.19. The lowest BCUT2D eigenvalue weighted by molar-refractivity contribution is -0.272. The van der Waals surface area contributed by atoms with Gasteiger partial charge in [0.2, 0.25) is 0 Å². The van der Waals surface area contributed by atoms with Crippen molar-refractivity contribution < 1.29 is 45.4 Å². The number of amides is 2. The lowest BCUT2D eigenvalue weighted by atomic mass is 9.77. The minimum atomic E-state index is -4.94. The van der Waals surface area contributed by atoms with Crippen LogP contribution in [-0.2, 0) is 9.53 Å². The van der Waals surface area contributed by atoms with Gasteiger partial charge in [0.1, 0.15) is 23.4 Å². The number of nitrogens with zero attached hydrogens (tertiary/aromatic N) is 1. The molecule has 0 spiro atoms. The molecule has 190 valence electrons. The summed E-state index contributed by atoms with van der Waals surface area (Å²) >= 11 is 0. The third-order valence-electron chi connectivity index (χ3n) is 5.96. The monoisotopic (exact) mass is 505 g/mol. The Balaban J connectivity index is 2.04. The standard InChI is InChI=1S/C22H21F6N3O4/c1-10-16(13-5-4-11(23)8-15(13)34-20(24)25)17(35-21(10,2)22(26,27)28)19(33)31-12-6-7-30-14(9-12)18(32)29-3/h4-10,16-17,20H,1-3H3,(H,29,32)(H,30,31,33)/t10-,16-,17+,21+/m1/s1. The molecule has 1 fully saturated rings. The van der Waals surface area contributed by atoms with Gasteiger partial charge in [-0.1, -0.05) is 13.0 Å². The van der Waals surface area contributed by atoms with Gasteiger partial charge in [0.15, 0.2) is 5.60 Å². The van der Waals surface area contributed by atoms with Gasteiger partial charge in [-0.25, -0.2) is 4.39 Å². The molecule has 35 heavy (non-hydrogen) atoms. The van der Waals surface area contributed by atoms with Crippen LogP contribution in [0.25, 0.3) is 0 Å². The lowest BCUT2D eigenvalue weighted by Crippen LogP contribution is -2.47. The molecule has 13 heteroatoms. The van der Waals surface area contributed by atoms with Crippen molar-refractivity contribution >= 4 is 17.5 Å². The lowest BCUT2D eigenvalue weighted by Gasteiger charge is -2.32. The molecule has 7 nitrogen and oxygen atoms in total. The summed E-state index contributed by atoms with van der Waals surface area (Å²) < 4.78 is 91.2. The molecule has 0 radical (unpaired) electrons. The van der Waals surface area contributed by atoms with E-state index in [1.54, 1.807) is 0 Å². The predicted molar refractivity (Wildman–Crippen MR) is 111 cm³/mol. The first-order chi connectivity index (χ1) is 16.3. The van der Waals surface area contributed by atoms with Crippen LogP contribution in [0.2, 0.25) is 0 Å². The third-order valence-corrected chi connectivity index (χ3v) is 5.96. The maximum Gasteiger partial charge on any atom is 0.417 e. The average molecular weight is 505 g/mol. The minimum absolute atomic E-state index is 0.0300. The van der Waals surface area contributed by atoms with Gasteiger partial charge in [0.05, 0.1) is 0 Å². The number of alkyl halides is 5. The Kier molecular flexibility index (Phi) is 7.29. The number of carbonyl (C=O) groups excluding carboxylic acids is 2. The van der Waals surface area contributed by atoms with Crippen molar-refractivity contribution in [2.24, 2.45) is 5.92 Å². The Hall–Kier alpha value is -3.35. The first-order valence-corrected chi connectivity index (χ1v) is 10.3. The minimum Gasteiger partial charge on any atom is -0.434 e. The maximum atomic E-state index is 14.0. The van der Waals surface area contributed by atoms with Gasteiger partial charge in [-0.2, -0.15) is 22.0 Å². The number of rotatable bonds is 6. The summed E-state index contributed by atoms with van der Waals surface area (Å²) in [5.74, 6) is -6.21. The van der Waals surface area contributed by atoms with Gasteiger partial charge in [0.25, 0.3) is 11.8 Å². The van der Waals surface area contributed by atoms with Crippen LogP contribution < -0.4 is 15.4 Å². The van der Waals surface area contributed by atoms with Gasteiger partial charge in [0, 0.05) is 42.4 Å². The van der Waals surface area contributed by atoms with Crippen molar-refractivity contribution in [3.8, 4) is 5.75 Å². The summed E-state index contributed by atoms with van der Waals surface area (Å²) in [5.41, 5.74) is -3.15. The molecule has 0 unspecified atom stereocenters. The number of hydrogen-bond acceptors (Lipinski definition) is 5. The summed E-state index contributed by atoms with van der Waals surface area (Å²) in [5, 5.41) is 4.71. The predicted octanol–water partition coefficient (Wildman–Crippen LogP) is 4.26. The quantitative estimate of drug-likeness (QED) is 0.573. The van der Waals surface area contributed by atoms with Gasteiger partial charge in [-0.05, 0) is 25.1 Å². The SMILES string of the molecule is CNC(=O)c1cc(NC(=O)[C@H]2O[C@](C)(C(F)(F)F)[C@H](C)[C@@H]2c2ccc(F)cc2OC(F)F)ccn1. The molecule has 2 heterocycles. The second-order valence-corrected chi connectivity index (χ2v) is 8.02. The average Bonchev–Trinajstić information content (AvgIpc) is 3.05. The Bertz CT molecular complexity index is 1110. The van der Waals surface area contributed by atoms with E-state index in [-0.39, 0.29) is 16.9 Å². The number of nitrogens with one attached hydrogen (secondary N) is 2. The smallest absolute Gasteiger partial charge is 0.417 e. The van der Waals surface area contributed by atoms with E-state index in [2.05, 4.69) is 20.4 Å². The highest BCUT2D eigenvalue weighted by molar-refractivity contribution is 5.97. The van der Waals surface area contributed by atoms with E-state index in [1.165, 1.54) is 25.4 Å². The number of halogens is 6. The summed E-state index contributed by atoms with van der Waals surface area (Å²) in [6.45, 7) is -1.50. The van der Waals surface area contributed by atoms with E-state index in [0.717, 1.165) is 26.0 Å². The largest absolute Gasteiger partial charge is 0.434 e. The van der Waals surface area contributed by atoms with Crippen LogP contribution in [0.15, 0.2) is 36.5 Å². The fourth-order valence-corrected chi connectivity index (χ4v) is 3.98. The van der Waals surface area contributed by atoms with Gasteiger partial charge in [-0.15, -0.1) is 0 Å². The van der Waals surface area contributed by atoms with Gasteiger partial charge >= 0.3 is 12.8 Å². The normalized spacial score (nSPS) is 24.3. The number of benzene rings is 1. The second-order valence-electron chi connectivity index (χ2n) is 8.02. The zero-order valence-electron chi connectivity index (χ0n) is 18.6. The van der Waals surface area contributed by atoms with Crippen molar-refractivity contribution in [1.29, 1.82) is 0 Å². The molecule has 2 aromatic rings. The fraction of sp³-hybridized carbons (Fsp3) is 0.409. The molecular formula is C22H21F6N3O4. The molecule has 2 amide bonds. The van der Waals surface area contributed by atoms with Gasteiger partial charge in [-0.3, -0.25) is 14.6 Å². The molecule has 1 aliphatic rings. The topological polar surface area (TPSA) is 89.6 Å². The molecule has 1 aliphatic heterocycles. The van der Waals surface area contributed by atoms with Crippen LogP contribution in [0, 0.1) is 11.7 Å². The second kappa shape index (κ2) is 9.72. The molecule has 4 atom stereocenters. The Morgan fingerprint density at radius 1 is 1.20 bits per heavy atom. The van der Waals surface area contributed by atoms with Crippen molar-refractivity contribution in [1.82, 2.24) is 10.3 Å². The molecular weight excluding hydrogens is 484 g/mol. The molecule has 3 rings (SSSR count). The number of ether oxygens (including phenoxy) is 2. The van der Waals surface area contributed by atoms with Crippen LogP contribution >= 0.6 is 0 Å². The Labute approximate surface area is 195 Å². The van der Waals surface area contributed by atoms with Crippen LogP contribution in [-0.4, -0.2) is 48.3 Å². The summed E-state index contributed by atoms with van der Waals surface area (Å²) in [4.78, 5) is 28.7. The van der Waals surface area contributed by atoms with Crippen LogP contribution in [0.5, 0.6) is 5.75 Å². The Morgan fingerprint density at radius 3 is 2.49 bits per heavy atom. The van der Waals surface area contributed by atoms with Crippen LogP contribution in [0.1, 0.15) is 35.8 Å². The highest BCUT2D eigenvalue weighted by Gasteiger charge is 2.65. The zero-order chi connectivity index (χ0) is 26.1. The van der Waals surface area contributed by atoms with Gasteiger partial charge < -0.3 is 20.1 Å². The first kappa shape index (κ1) is 26.3. The summed E-state index contributed by atoms with van der Waals surface area (Å²) in [6, 6.07) is 4.93. The first-order valence-electron chi connectivity index (χ1n) is 10.3. The number of anilines is 1. The van der Waals surface area contributed by atoms with E-state index in [0.29, 0.717) is 6.07 Å². The summed E-state index contributed by atoms with van der Waals surface area (Å²) in [7, 11) is 1.35. The molecule has 1 aromatic heterocycles. The fourth-order valence-electron chi connectivity index (χ4n) is 3.98. The number of hydrogen-bond donors (Lipinski definition) is 2. The summed E-state index contributed by atoms with van der Waals surface area (Å²) in [6.07, 6.45) is -5.57. The molecule has 1 aromatic carbocycles. The van der Waals surface area contributed by atoms with E-state index < -0.39 is 59.7 Å². The van der Waals surface area contributed by atoms with Crippen molar-refractivity contribution in [2.75, 3.05) is 12.4 Å². The molecule has 0 aliphatic carbocycles. The highest BCUT2D eigenvalue weighted by Crippen LogP contribution is 2.54.